The molecule has 1 aliphatic heterocycles. The molecule has 2 amide bonds. The zero-order valence-electron chi connectivity index (χ0n) is 19.6. The number of carbonyl (C=O) groups excluding carboxylic acids is 2. The summed E-state index contributed by atoms with van der Waals surface area (Å²) in [6, 6.07) is 11.4. The van der Waals surface area contributed by atoms with Crippen LogP contribution in [0.25, 0.3) is 0 Å². The second-order valence-corrected chi connectivity index (χ2v) is 9.40. The number of piperidine rings is 1. The molecular formula is C26H35N3O3. The van der Waals surface area contributed by atoms with Crippen molar-refractivity contribution in [1.29, 1.82) is 0 Å². The highest BCUT2D eigenvalue weighted by Gasteiger charge is 2.34. The molecule has 0 spiro atoms. The fraction of sp³-hybridized carbons (Fsp3) is 0.500. The second kappa shape index (κ2) is 10.6. The van der Waals surface area contributed by atoms with Crippen LogP contribution in [0.4, 0.5) is 4.79 Å². The van der Waals surface area contributed by atoms with Crippen molar-refractivity contribution in [2.75, 3.05) is 6.54 Å². The number of pyridine rings is 1. The summed E-state index contributed by atoms with van der Waals surface area (Å²) < 4.78 is 5.46. The van der Waals surface area contributed by atoms with Gasteiger partial charge in [-0.1, -0.05) is 37.3 Å². The van der Waals surface area contributed by atoms with Crippen molar-refractivity contribution in [1.82, 2.24) is 15.2 Å². The van der Waals surface area contributed by atoms with E-state index in [1.807, 2.05) is 56.1 Å². The van der Waals surface area contributed by atoms with E-state index in [0.29, 0.717) is 13.0 Å². The predicted molar refractivity (Wildman–Crippen MR) is 125 cm³/mol. The SMILES string of the molecule is CCc1ccc(C[C@H](NC(=O)OC(C)(C)C)C(=O)N2CCCC[C@@H]2c2cccnc2)cc1. The number of hydrogen-bond donors (Lipinski definition) is 1. The van der Waals surface area contributed by atoms with Gasteiger partial charge in [0, 0.05) is 25.4 Å². The van der Waals surface area contributed by atoms with E-state index >= 15 is 0 Å². The lowest BCUT2D eigenvalue weighted by atomic mass is 9.94. The Morgan fingerprint density at radius 3 is 2.50 bits per heavy atom. The van der Waals surface area contributed by atoms with Crippen LogP contribution in [0.15, 0.2) is 48.8 Å². The lowest BCUT2D eigenvalue weighted by Crippen LogP contribution is -2.52. The van der Waals surface area contributed by atoms with E-state index in [0.717, 1.165) is 36.8 Å². The fourth-order valence-electron chi connectivity index (χ4n) is 4.11. The molecule has 2 atom stereocenters. The van der Waals surface area contributed by atoms with Gasteiger partial charge in [0.1, 0.15) is 11.6 Å². The third kappa shape index (κ3) is 6.55. The molecule has 1 aliphatic rings. The van der Waals surface area contributed by atoms with Gasteiger partial charge in [0.15, 0.2) is 0 Å². The van der Waals surface area contributed by atoms with Gasteiger partial charge in [0.05, 0.1) is 6.04 Å². The highest BCUT2D eigenvalue weighted by Crippen LogP contribution is 2.31. The molecule has 3 rings (SSSR count). The Hall–Kier alpha value is -2.89. The van der Waals surface area contributed by atoms with Gasteiger partial charge >= 0.3 is 6.09 Å². The molecule has 1 aromatic carbocycles. The third-order valence-corrected chi connectivity index (χ3v) is 5.72. The molecule has 0 radical (unpaired) electrons. The van der Waals surface area contributed by atoms with Crippen LogP contribution in [0.5, 0.6) is 0 Å². The van der Waals surface area contributed by atoms with Crippen LogP contribution < -0.4 is 5.32 Å². The molecule has 172 valence electrons. The van der Waals surface area contributed by atoms with Crippen molar-refractivity contribution in [3.05, 3.63) is 65.5 Å². The van der Waals surface area contributed by atoms with Crippen LogP contribution in [-0.2, 0) is 22.4 Å². The molecule has 2 heterocycles. The van der Waals surface area contributed by atoms with Crippen LogP contribution in [0, 0.1) is 0 Å². The van der Waals surface area contributed by atoms with E-state index in [4.69, 9.17) is 4.74 Å². The number of aromatic nitrogens is 1. The van der Waals surface area contributed by atoms with Gasteiger partial charge in [-0.25, -0.2) is 4.79 Å². The number of amides is 2. The van der Waals surface area contributed by atoms with Gasteiger partial charge in [-0.15, -0.1) is 0 Å². The maximum atomic E-state index is 13.7. The van der Waals surface area contributed by atoms with Crippen molar-refractivity contribution in [3.8, 4) is 0 Å². The van der Waals surface area contributed by atoms with Crippen molar-refractivity contribution >= 4 is 12.0 Å². The number of alkyl carbamates (subject to hydrolysis) is 1. The number of hydrogen-bond acceptors (Lipinski definition) is 4. The van der Waals surface area contributed by atoms with E-state index in [9.17, 15) is 9.59 Å². The largest absolute Gasteiger partial charge is 0.444 e. The van der Waals surface area contributed by atoms with Crippen molar-refractivity contribution in [2.45, 2.75) is 77.5 Å². The molecular weight excluding hydrogens is 402 g/mol. The summed E-state index contributed by atoms with van der Waals surface area (Å²) in [6.07, 6.45) is 7.27. The average Bonchev–Trinajstić information content (AvgIpc) is 2.78. The minimum absolute atomic E-state index is 0.0321. The first-order valence-electron chi connectivity index (χ1n) is 11.5. The Morgan fingerprint density at radius 2 is 1.88 bits per heavy atom. The van der Waals surface area contributed by atoms with Gasteiger partial charge in [-0.05, 0) is 69.2 Å². The predicted octanol–water partition coefficient (Wildman–Crippen LogP) is 4.83. The number of rotatable bonds is 6. The number of carbonyl (C=O) groups is 2. The number of nitrogens with zero attached hydrogens (tertiary/aromatic N) is 2. The molecule has 1 N–H and O–H groups in total. The summed E-state index contributed by atoms with van der Waals surface area (Å²) in [5.41, 5.74) is 2.64. The van der Waals surface area contributed by atoms with Crippen LogP contribution in [-0.4, -0.2) is 40.1 Å². The number of aryl methyl sites for hydroxylation is 1. The highest BCUT2D eigenvalue weighted by molar-refractivity contribution is 5.86. The van der Waals surface area contributed by atoms with Gasteiger partial charge in [-0.3, -0.25) is 9.78 Å². The molecule has 1 saturated heterocycles. The summed E-state index contributed by atoms with van der Waals surface area (Å²) in [7, 11) is 0. The van der Waals surface area contributed by atoms with E-state index in [1.54, 1.807) is 6.20 Å². The standard InChI is InChI=1S/C26H35N3O3/c1-5-19-11-13-20(14-12-19)17-22(28-25(31)32-26(2,3)4)24(30)29-16-7-6-10-23(29)21-9-8-15-27-18-21/h8-9,11-15,18,22-23H,5-7,10,16-17H2,1-4H3,(H,28,31)/t22-,23+/m0/s1. The lowest BCUT2D eigenvalue weighted by molar-refractivity contribution is -0.137. The zero-order valence-corrected chi connectivity index (χ0v) is 19.6. The zero-order chi connectivity index (χ0) is 23.1. The molecule has 1 aromatic heterocycles. The first kappa shape index (κ1) is 23.8. The average molecular weight is 438 g/mol. The van der Waals surface area contributed by atoms with Gasteiger partial charge in [0.25, 0.3) is 0 Å². The molecule has 6 heteroatoms. The molecule has 2 aromatic rings. The summed E-state index contributed by atoms with van der Waals surface area (Å²) in [5, 5.41) is 2.85. The Morgan fingerprint density at radius 1 is 1.16 bits per heavy atom. The minimum atomic E-state index is -0.699. The molecule has 0 bridgehead atoms. The summed E-state index contributed by atoms with van der Waals surface area (Å²) in [6.45, 7) is 8.22. The van der Waals surface area contributed by atoms with Crippen molar-refractivity contribution in [2.24, 2.45) is 0 Å². The number of likely N-dealkylation sites (tertiary alicyclic amines) is 1. The van der Waals surface area contributed by atoms with Gasteiger partial charge in [-0.2, -0.15) is 0 Å². The monoisotopic (exact) mass is 437 g/mol. The summed E-state index contributed by atoms with van der Waals surface area (Å²) in [4.78, 5) is 32.5. The van der Waals surface area contributed by atoms with Crippen molar-refractivity contribution < 1.29 is 14.3 Å². The first-order chi connectivity index (χ1) is 15.3. The Bertz CT molecular complexity index is 891. The van der Waals surface area contributed by atoms with Crippen molar-refractivity contribution in [3.63, 3.8) is 0 Å². The summed E-state index contributed by atoms with van der Waals surface area (Å²) >= 11 is 0. The molecule has 32 heavy (non-hydrogen) atoms. The first-order valence-corrected chi connectivity index (χ1v) is 11.5. The lowest BCUT2D eigenvalue weighted by Gasteiger charge is -2.38. The van der Waals surface area contributed by atoms with Crippen LogP contribution in [0.2, 0.25) is 0 Å². The molecule has 1 fully saturated rings. The molecule has 6 nitrogen and oxygen atoms in total. The van der Waals surface area contributed by atoms with Crippen LogP contribution in [0.1, 0.15) is 69.7 Å². The molecule has 0 saturated carbocycles. The van der Waals surface area contributed by atoms with Crippen LogP contribution in [0.3, 0.4) is 0 Å². The van der Waals surface area contributed by atoms with E-state index in [-0.39, 0.29) is 11.9 Å². The van der Waals surface area contributed by atoms with E-state index in [2.05, 4.69) is 29.4 Å². The number of ether oxygens (including phenoxy) is 1. The van der Waals surface area contributed by atoms with Gasteiger partial charge < -0.3 is 15.0 Å². The van der Waals surface area contributed by atoms with E-state index in [1.165, 1.54) is 5.56 Å². The number of nitrogens with one attached hydrogen (secondary N) is 1. The van der Waals surface area contributed by atoms with E-state index < -0.39 is 17.7 Å². The molecule has 0 unspecified atom stereocenters. The normalized spacial score (nSPS) is 17.5. The number of benzene rings is 1. The topological polar surface area (TPSA) is 71.5 Å². The molecule has 0 aliphatic carbocycles. The summed E-state index contributed by atoms with van der Waals surface area (Å²) in [5.74, 6) is -0.0796. The Balaban J connectivity index is 1.84. The maximum absolute atomic E-state index is 13.7. The fourth-order valence-corrected chi connectivity index (χ4v) is 4.11. The quantitative estimate of drug-likeness (QED) is 0.702. The second-order valence-electron chi connectivity index (χ2n) is 9.40. The third-order valence-electron chi connectivity index (χ3n) is 5.72. The van der Waals surface area contributed by atoms with Crippen LogP contribution >= 0.6 is 0 Å². The maximum Gasteiger partial charge on any atom is 0.408 e. The Labute approximate surface area is 191 Å². The van der Waals surface area contributed by atoms with Gasteiger partial charge in [0.2, 0.25) is 5.91 Å². The Kier molecular flexibility index (Phi) is 7.89. The minimum Gasteiger partial charge on any atom is -0.444 e. The highest BCUT2D eigenvalue weighted by atomic mass is 16.6. The smallest absolute Gasteiger partial charge is 0.408 e.